The van der Waals surface area contributed by atoms with E-state index in [0.717, 1.165) is 58.2 Å². The van der Waals surface area contributed by atoms with Crippen molar-refractivity contribution < 1.29 is 4.79 Å². The Bertz CT molecular complexity index is 392. The monoisotopic (exact) mass is 339 g/mol. The molecule has 0 aromatic heterocycles. The van der Waals surface area contributed by atoms with Crippen LogP contribution < -0.4 is 5.32 Å². The van der Waals surface area contributed by atoms with E-state index in [-0.39, 0.29) is 5.91 Å². The molecule has 1 fully saturated rings. The van der Waals surface area contributed by atoms with Crippen molar-refractivity contribution in [3.8, 4) is 0 Å². The Hall–Kier alpha value is -1.30. The summed E-state index contributed by atoms with van der Waals surface area (Å²) in [5.41, 5.74) is 0. The van der Waals surface area contributed by atoms with Crippen molar-refractivity contribution in [2.45, 2.75) is 60.0 Å². The third kappa shape index (κ3) is 6.67. The molecule has 0 spiro atoms. The highest BCUT2D eigenvalue weighted by Gasteiger charge is 2.20. The van der Waals surface area contributed by atoms with Gasteiger partial charge in [-0.25, -0.2) is 0 Å². The number of nitrogens with zero attached hydrogens (tertiary/aromatic N) is 4. The van der Waals surface area contributed by atoms with Crippen LogP contribution in [0.1, 0.15) is 48.0 Å². The van der Waals surface area contributed by atoms with Crippen LogP contribution in [-0.2, 0) is 4.79 Å². The van der Waals surface area contributed by atoms with Crippen LogP contribution in [0.15, 0.2) is 4.99 Å². The highest BCUT2D eigenvalue weighted by atomic mass is 16.2. The Morgan fingerprint density at radius 2 is 1.62 bits per heavy atom. The lowest BCUT2D eigenvalue weighted by atomic mass is 10.2. The number of carbonyl (C=O) groups excluding carboxylic acids is 1. The number of rotatable bonds is 7. The van der Waals surface area contributed by atoms with Crippen LogP contribution in [0.25, 0.3) is 0 Å². The van der Waals surface area contributed by atoms with Gasteiger partial charge in [0.2, 0.25) is 5.91 Å². The predicted octanol–water partition coefficient (Wildman–Crippen LogP) is 1.62. The third-order valence-corrected chi connectivity index (χ3v) is 4.52. The molecule has 1 rings (SSSR count). The Morgan fingerprint density at radius 1 is 1.08 bits per heavy atom. The van der Waals surface area contributed by atoms with Crippen LogP contribution in [0, 0.1) is 0 Å². The molecule has 6 heteroatoms. The second kappa shape index (κ2) is 10.5. The van der Waals surface area contributed by atoms with Gasteiger partial charge < -0.3 is 15.1 Å². The molecule has 0 saturated carbocycles. The quantitative estimate of drug-likeness (QED) is 0.435. The first-order valence-corrected chi connectivity index (χ1v) is 9.41. The Balaban J connectivity index is 2.50. The number of amides is 1. The molecule has 1 N–H and O–H groups in total. The number of nitrogens with one attached hydrogen (secondary N) is 1. The fourth-order valence-electron chi connectivity index (χ4n) is 3.21. The van der Waals surface area contributed by atoms with Gasteiger partial charge in [-0.3, -0.25) is 14.7 Å². The Kier molecular flexibility index (Phi) is 9.11. The Labute approximate surface area is 148 Å². The summed E-state index contributed by atoms with van der Waals surface area (Å²) in [6.45, 7) is 18.8. The summed E-state index contributed by atoms with van der Waals surface area (Å²) in [6, 6.07) is 1.14. The molecule has 1 heterocycles. The molecule has 6 nitrogen and oxygen atoms in total. The van der Waals surface area contributed by atoms with Crippen molar-refractivity contribution in [1.29, 1.82) is 0 Å². The summed E-state index contributed by atoms with van der Waals surface area (Å²) in [5, 5.41) is 3.39. The second-order valence-electron chi connectivity index (χ2n) is 7.01. The minimum absolute atomic E-state index is 0.166. The van der Waals surface area contributed by atoms with Gasteiger partial charge in [-0.2, -0.15) is 0 Å². The summed E-state index contributed by atoms with van der Waals surface area (Å²) < 4.78 is 0. The lowest BCUT2D eigenvalue weighted by Gasteiger charge is -2.36. The SMILES string of the molecule is CCNC(=NCCCN(C(C)C)C(C)C)N1CCN(C(C)=O)CC1. The van der Waals surface area contributed by atoms with Crippen LogP contribution >= 0.6 is 0 Å². The van der Waals surface area contributed by atoms with Gasteiger partial charge in [-0.15, -0.1) is 0 Å². The van der Waals surface area contributed by atoms with E-state index < -0.39 is 0 Å². The maximum absolute atomic E-state index is 11.4. The molecule has 0 aromatic rings. The first-order chi connectivity index (χ1) is 11.4. The molecule has 1 amide bonds. The van der Waals surface area contributed by atoms with E-state index in [1.165, 1.54) is 0 Å². The normalized spacial score (nSPS) is 16.5. The van der Waals surface area contributed by atoms with Gasteiger partial charge >= 0.3 is 0 Å². The maximum Gasteiger partial charge on any atom is 0.219 e. The highest BCUT2D eigenvalue weighted by Crippen LogP contribution is 2.06. The van der Waals surface area contributed by atoms with E-state index in [1.54, 1.807) is 6.92 Å². The molecule has 0 unspecified atom stereocenters. The van der Waals surface area contributed by atoms with Crippen molar-refractivity contribution in [3.05, 3.63) is 0 Å². The van der Waals surface area contributed by atoms with Crippen LogP contribution in [0.3, 0.4) is 0 Å². The number of hydrogen-bond donors (Lipinski definition) is 1. The van der Waals surface area contributed by atoms with Crippen LogP contribution in [0.5, 0.6) is 0 Å². The standard InChI is InChI=1S/C18H37N5O/c1-7-19-18(22-13-11-21(12-14-22)17(6)24)20-9-8-10-23(15(2)3)16(4)5/h15-16H,7-14H2,1-6H3,(H,19,20). The molecule has 24 heavy (non-hydrogen) atoms. The van der Waals surface area contributed by atoms with Crippen LogP contribution in [-0.4, -0.2) is 84.5 Å². The number of aliphatic imine (C=N–C) groups is 1. The zero-order valence-electron chi connectivity index (χ0n) is 16.5. The van der Waals surface area contributed by atoms with E-state index >= 15 is 0 Å². The van der Waals surface area contributed by atoms with Gasteiger partial charge in [0.05, 0.1) is 0 Å². The molecule has 0 aromatic carbocycles. The van der Waals surface area contributed by atoms with Crippen molar-refractivity contribution in [1.82, 2.24) is 20.0 Å². The van der Waals surface area contributed by atoms with E-state index in [4.69, 9.17) is 4.99 Å². The summed E-state index contributed by atoms with van der Waals surface area (Å²) in [7, 11) is 0. The lowest BCUT2D eigenvalue weighted by molar-refractivity contribution is -0.130. The van der Waals surface area contributed by atoms with Gasteiger partial charge in [0, 0.05) is 64.8 Å². The van der Waals surface area contributed by atoms with E-state index in [0.29, 0.717) is 12.1 Å². The second-order valence-corrected chi connectivity index (χ2v) is 7.01. The smallest absolute Gasteiger partial charge is 0.219 e. The minimum atomic E-state index is 0.166. The van der Waals surface area contributed by atoms with Crippen LogP contribution in [0.4, 0.5) is 0 Å². The summed E-state index contributed by atoms with van der Waals surface area (Å²) in [6.07, 6.45) is 1.07. The molecule has 1 saturated heterocycles. The molecule has 1 aliphatic rings. The lowest BCUT2D eigenvalue weighted by Crippen LogP contribution is -2.53. The van der Waals surface area contributed by atoms with Gasteiger partial charge in [-0.05, 0) is 41.0 Å². The predicted molar refractivity (Wildman–Crippen MR) is 101 cm³/mol. The van der Waals surface area contributed by atoms with E-state index in [9.17, 15) is 4.79 Å². The molecular weight excluding hydrogens is 302 g/mol. The first-order valence-electron chi connectivity index (χ1n) is 9.41. The molecule has 0 bridgehead atoms. The largest absolute Gasteiger partial charge is 0.357 e. The van der Waals surface area contributed by atoms with Crippen molar-refractivity contribution in [2.75, 3.05) is 45.8 Å². The fourth-order valence-corrected chi connectivity index (χ4v) is 3.21. The minimum Gasteiger partial charge on any atom is -0.357 e. The summed E-state index contributed by atoms with van der Waals surface area (Å²) in [4.78, 5) is 22.9. The van der Waals surface area contributed by atoms with E-state index in [2.05, 4.69) is 49.7 Å². The zero-order chi connectivity index (χ0) is 18.1. The molecule has 0 atom stereocenters. The molecule has 140 valence electrons. The fraction of sp³-hybridized carbons (Fsp3) is 0.889. The first kappa shape index (κ1) is 20.7. The summed E-state index contributed by atoms with van der Waals surface area (Å²) >= 11 is 0. The third-order valence-electron chi connectivity index (χ3n) is 4.52. The van der Waals surface area contributed by atoms with Crippen molar-refractivity contribution >= 4 is 11.9 Å². The average Bonchev–Trinajstić information content (AvgIpc) is 2.53. The topological polar surface area (TPSA) is 51.2 Å². The number of carbonyl (C=O) groups is 1. The number of guanidine groups is 1. The average molecular weight is 340 g/mol. The van der Waals surface area contributed by atoms with E-state index in [1.807, 2.05) is 4.90 Å². The van der Waals surface area contributed by atoms with Gasteiger partial charge in [-0.1, -0.05) is 0 Å². The van der Waals surface area contributed by atoms with Crippen molar-refractivity contribution in [2.24, 2.45) is 4.99 Å². The van der Waals surface area contributed by atoms with Gasteiger partial charge in [0.15, 0.2) is 5.96 Å². The van der Waals surface area contributed by atoms with Crippen molar-refractivity contribution in [3.63, 3.8) is 0 Å². The molecule has 1 aliphatic heterocycles. The number of piperazine rings is 1. The van der Waals surface area contributed by atoms with Crippen LogP contribution in [0.2, 0.25) is 0 Å². The summed E-state index contributed by atoms with van der Waals surface area (Å²) in [5.74, 6) is 1.15. The maximum atomic E-state index is 11.4. The molecule has 0 aliphatic carbocycles. The van der Waals surface area contributed by atoms with Gasteiger partial charge in [0.1, 0.15) is 0 Å². The molecule has 0 radical (unpaired) electrons. The Morgan fingerprint density at radius 3 is 2.08 bits per heavy atom. The molecular formula is C18H37N5O. The zero-order valence-corrected chi connectivity index (χ0v) is 16.5. The highest BCUT2D eigenvalue weighted by molar-refractivity contribution is 5.80. The number of hydrogen-bond acceptors (Lipinski definition) is 3. The van der Waals surface area contributed by atoms with Gasteiger partial charge in [0.25, 0.3) is 0 Å².